The molecule has 1 aromatic heterocycles. The van der Waals surface area contributed by atoms with Gasteiger partial charge in [-0.05, 0) is 30.2 Å². The van der Waals surface area contributed by atoms with E-state index < -0.39 is 11.9 Å². The first-order valence-electron chi connectivity index (χ1n) is 4.97. The Morgan fingerprint density at radius 3 is 2.50 bits per heavy atom. The number of nitrogens with zero attached hydrogens (tertiary/aromatic N) is 1. The van der Waals surface area contributed by atoms with Crippen molar-refractivity contribution in [2.45, 2.75) is 19.5 Å². The SMILES string of the molecule is CCc1ccc2nc(C(F)(F)F)ccc2c1. The normalized spacial score (nSPS) is 12.0. The molecule has 0 aliphatic rings. The van der Waals surface area contributed by atoms with Gasteiger partial charge in [-0.2, -0.15) is 13.2 Å². The fraction of sp³-hybridized carbons (Fsp3) is 0.250. The van der Waals surface area contributed by atoms with Gasteiger partial charge in [0.25, 0.3) is 0 Å². The summed E-state index contributed by atoms with van der Waals surface area (Å²) in [4.78, 5) is 3.60. The van der Waals surface area contributed by atoms with Gasteiger partial charge >= 0.3 is 6.18 Å². The fourth-order valence-electron chi connectivity index (χ4n) is 1.55. The van der Waals surface area contributed by atoms with Gasteiger partial charge in [0, 0.05) is 5.39 Å². The Morgan fingerprint density at radius 2 is 1.88 bits per heavy atom. The molecule has 0 bridgehead atoms. The second kappa shape index (κ2) is 3.77. The lowest BCUT2D eigenvalue weighted by Gasteiger charge is -2.07. The van der Waals surface area contributed by atoms with E-state index in [1.165, 1.54) is 6.07 Å². The molecule has 0 fully saturated rings. The van der Waals surface area contributed by atoms with Crippen molar-refractivity contribution < 1.29 is 13.2 Å². The van der Waals surface area contributed by atoms with E-state index in [1.807, 2.05) is 13.0 Å². The average Bonchev–Trinajstić information content (AvgIpc) is 2.26. The molecule has 0 amide bonds. The maximum atomic E-state index is 12.4. The summed E-state index contributed by atoms with van der Waals surface area (Å²) < 4.78 is 37.2. The fourth-order valence-corrected chi connectivity index (χ4v) is 1.55. The van der Waals surface area contributed by atoms with E-state index in [-0.39, 0.29) is 0 Å². The Labute approximate surface area is 90.9 Å². The van der Waals surface area contributed by atoms with Crippen LogP contribution in [0.5, 0.6) is 0 Å². The van der Waals surface area contributed by atoms with Crippen molar-refractivity contribution in [3.05, 3.63) is 41.6 Å². The second-order valence-corrected chi connectivity index (χ2v) is 3.57. The topological polar surface area (TPSA) is 12.9 Å². The van der Waals surface area contributed by atoms with Crippen LogP contribution in [0.15, 0.2) is 30.3 Å². The van der Waals surface area contributed by atoms with Crippen LogP contribution >= 0.6 is 0 Å². The smallest absolute Gasteiger partial charge is 0.243 e. The highest BCUT2D eigenvalue weighted by atomic mass is 19.4. The van der Waals surface area contributed by atoms with Crippen molar-refractivity contribution >= 4 is 10.9 Å². The van der Waals surface area contributed by atoms with Crippen LogP contribution in [-0.4, -0.2) is 4.98 Å². The maximum Gasteiger partial charge on any atom is 0.433 e. The average molecular weight is 225 g/mol. The van der Waals surface area contributed by atoms with Crippen molar-refractivity contribution in [1.82, 2.24) is 4.98 Å². The van der Waals surface area contributed by atoms with Crippen LogP contribution in [-0.2, 0) is 12.6 Å². The third-order valence-corrected chi connectivity index (χ3v) is 2.45. The highest BCUT2D eigenvalue weighted by molar-refractivity contribution is 5.79. The van der Waals surface area contributed by atoms with Gasteiger partial charge < -0.3 is 0 Å². The van der Waals surface area contributed by atoms with Crippen molar-refractivity contribution in [3.8, 4) is 0 Å². The Hall–Kier alpha value is -1.58. The number of aromatic nitrogens is 1. The molecule has 16 heavy (non-hydrogen) atoms. The Balaban J connectivity index is 2.56. The molecule has 2 aromatic rings. The number of alkyl halides is 3. The minimum absolute atomic E-state index is 0.382. The van der Waals surface area contributed by atoms with Gasteiger partial charge in [-0.25, -0.2) is 4.98 Å². The molecule has 0 unspecified atom stereocenters. The zero-order valence-electron chi connectivity index (χ0n) is 8.67. The van der Waals surface area contributed by atoms with Gasteiger partial charge in [-0.1, -0.05) is 19.1 Å². The first-order valence-corrected chi connectivity index (χ1v) is 4.97. The number of halogens is 3. The summed E-state index contributed by atoms with van der Waals surface area (Å²) in [5.74, 6) is 0. The van der Waals surface area contributed by atoms with Crippen LogP contribution in [0.2, 0.25) is 0 Å². The highest BCUT2D eigenvalue weighted by Gasteiger charge is 2.32. The molecule has 0 radical (unpaired) electrons. The quantitative estimate of drug-likeness (QED) is 0.719. The van der Waals surface area contributed by atoms with Crippen LogP contribution in [0, 0.1) is 0 Å². The van der Waals surface area contributed by atoms with Crippen molar-refractivity contribution in [3.63, 3.8) is 0 Å². The molecular formula is C12H10F3N. The predicted molar refractivity (Wildman–Crippen MR) is 56.1 cm³/mol. The molecule has 2 rings (SSSR count). The van der Waals surface area contributed by atoms with E-state index in [0.717, 1.165) is 23.4 Å². The van der Waals surface area contributed by atoms with Gasteiger partial charge in [-0.15, -0.1) is 0 Å². The second-order valence-electron chi connectivity index (χ2n) is 3.57. The summed E-state index contributed by atoms with van der Waals surface area (Å²) >= 11 is 0. The third-order valence-electron chi connectivity index (χ3n) is 2.45. The van der Waals surface area contributed by atoms with Crippen molar-refractivity contribution in [1.29, 1.82) is 0 Å². The Morgan fingerprint density at radius 1 is 1.12 bits per heavy atom. The van der Waals surface area contributed by atoms with E-state index in [4.69, 9.17) is 0 Å². The largest absolute Gasteiger partial charge is 0.433 e. The van der Waals surface area contributed by atoms with E-state index in [9.17, 15) is 13.2 Å². The molecule has 0 N–H and O–H groups in total. The summed E-state index contributed by atoms with van der Waals surface area (Å²) in [7, 11) is 0. The summed E-state index contributed by atoms with van der Waals surface area (Å²) in [6.07, 6.45) is -3.52. The number of rotatable bonds is 1. The van der Waals surface area contributed by atoms with E-state index in [0.29, 0.717) is 5.52 Å². The molecule has 4 heteroatoms. The van der Waals surface area contributed by atoms with Gasteiger partial charge in [0.1, 0.15) is 5.69 Å². The zero-order chi connectivity index (χ0) is 11.8. The van der Waals surface area contributed by atoms with Crippen molar-refractivity contribution in [2.75, 3.05) is 0 Å². The summed E-state index contributed by atoms with van der Waals surface area (Å²) in [5.41, 5.74) is 0.630. The zero-order valence-corrected chi connectivity index (χ0v) is 8.67. The number of aryl methyl sites for hydroxylation is 1. The van der Waals surface area contributed by atoms with E-state index in [1.54, 1.807) is 12.1 Å². The lowest BCUT2D eigenvalue weighted by molar-refractivity contribution is -0.140. The maximum absolute atomic E-state index is 12.4. The molecule has 0 saturated heterocycles. The standard InChI is InChI=1S/C12H10F3N/c1-2-8-3-5-10-9(7-8)4-6-11(16-10)12(13,14)15/h3-7H,2H2,1H3. The molecule has 0 atom stereocenters. The van der Waals surface area contributed by atoms with E-state index in [2.05, 4.69) is 4.98 Å². The molecule has 1 heterocycles. The molecule has 84 valence electrons. The summed E-state index contributed by atoms with van der Waals surface area (Å²) in [6.45, 7) is 2.00. The molecule has 0 aliphatic heterocycles. The number of hydrogen-bond acceptors (Lipinski definition) is 1. The van der Waals surface area contributed by atoms with Crippen LogP contribution < -0.4 is 0 Å². The molecular weight excluding hydrogens is 215 g/mol. The molecule has 0 spiro atoms. The molecule has 0 aliphatic carbocycles. The number of fused-ring (bicyclic) bond motifs is 1. The van der Waals surface area contributed by atoms with Crippen LogP contribution in [0.4, 0.5) is 13.2 Å². The van der Waals surface area contributed by atoms with Gasteiger partial charge in [0.05, 0.1) is 5.52 Å². The van der Waals surface area contributed by atoms with Gasteiger partial charge in [-0.3, -0.25) is 0 Å². The van der Waals surface area contributed by atoms with Gasteiger partial charge in [0.2, 0.25) is 0 Å². The summed E-state index contributed by atoms with van der Waals surface area (Å²) in [5, 5.41) is 0.743. The predicted octanol–water partition coefficient (Wildman–Crippen LogP) is 3.82. The van der Waals surface area contributed by atoms with Crippen LogP contribution in [0.25, 0.3) is 10.9 Å². The van der Waals surface area contributed by atoms with E-state index >= 15 is 0 Å². The molecule has 0 saturated carbocycles. The molecule has 1 aromatic carbocycles. The number of pyridine rings is 1. The minimum atomic E-state index is -4.38. The first kappa shape index (κ1) is 10.9. The van der Waals surface area contributed by atoms with Gasteiger partial charge in [0.15, 0.2) is 0 Å². The Kier molecular flexibility index (Phi) is 2.58. The molecule has 1 nitrogen and oxygen atoms in total. The third kappa shape index (κ3) is 2.01. The minimum Gasteiger partial charge on any atom is -0.243 e. The number of benzene rings is 1. The monoisotopic (exact) mass is 225 g/mol. The van der Waals surface area contributed by atoms with Crippen LogP contribution in [0.1, 0.15) is 18.2 Å². The summed E-state index contributed by atoms with van der Waals surface area (Å²) in [6, 6.07) is 7.77. The lowest BCUT2D eigenvalue weighted by Crippen LogP contribution is -2.07. The first-order chi connectivity index (χ1) is 7.50. The Bertz CT molecular complexity index is 517. The number of hydrogen-bond donors (Lipinski definition) is 0. The lowest BCUT2D eigenvalue weighted by atomic mass is 10.1. The van der Waals surface area contributed by atoms with Crippen molar-refractivity contribution in [2.24, 2.45) is 0 Å². The highest BCUT2D eigenvalue weighted by Crippen LogP contribution is 2.29. The van der Waals surface area contributed by atoms with Crippen LogP contribution in [0.3, 0.4) is 0 Å².